The average molecular weight is 873 g/mol. The van der Waals surface area contributed by atoms with Crippen LogP contribution in [0.15, 0.2) is 4.99 Å². The number of nitrogens with two attached hydrogens (primary N) is 5. The number of carboxylic acid groups (broad SMARTS) is 3. The third-order valence-corrected chi connectivity index (χ3v) is 8.83. The number of unbranched alkanes of at least 4 members (excludes halogenated alkanes) is 1. The van der Waals surface area contributed by atoms with E-state index < -0.39 is 127 Å². The molecule has 0 bridgehead atoms. The van der Waals surface area contributed by atoms with Crippen LogP contribution in [0.25, 0.3) is 0 Å². The molecule has 346 valence electrons. The van der Waals surface area contributed by atoms with E-state index in [1.54, 1.807) is 13.8 Å². The number of nitrogens with zero attached hydrogens (tertiary/aromatic N) is 1. The first-order chi connectivity index (χ1) is 28.5. The number of carbonyl (C=O) groups excluding carboxylic acids is 7. The summed E-state index contributed by atoms with van der Waals surface area (Å²) in [5.41, 5.74) is 27.3. The zero-order chi connectivity index (χ0) is 46.8. The van der Waals surface area contributed by atoms with Crippen LogP contribution in [0.2, 0.25) is 0 Å². The fraction of sp³-hybridized carbons (Fsp3) is 0.694. The minimum Gasteiger partial charge on any atom is -0.481 e. The molecule has 0 saturated heterocycles. The maximum absolute atomic E-state index is 13.8. The van der Waals surface area contributed by atoms with Crippen LogP contribution in [0.5, 0.6) is 0 Å². The van der Waals surface area contributed by atoms with Gasteiger partial charge in [-0.25, -0.2) is 4.79 Å². The van der Waals surface area contributed by atoms with Gasteiger partial charge in [0.25, 0.3) is 0 Å². The van der Waals surface area contributed by atoms with E-state index in [1.165, 1.54) is 6.92 Å². The van der Waals surface area contributed by atoms with E-state index in [0.717, 1.165) is 0 Å². The van der Waals surface area contributed by atoms with Gasteiger partial charge in [-0.3, -0.25) is 48.1 Å². The van der Waals surface area contributed by atoms with Crippen molar-refractivity contribution in [3.05, 3.63) is 0 Å². The van der Waals surface area contributed by atoms with Crippen LogP contribution in [-0.4, -0.2) is 136 Å². The summed E-state index contributed by atoms with van der Waals surface area (Å²) in [6.07, 6.45) is -1.55. The van der Waals surface area contributed by atoms with Crippen LogP contribution in [0, 0.1) is 5.92 Å². The van der Waals surface area contributed by atoms with Gasteiger partial charge in [0, 0.05) is 25.8 Å². The first kappa shape index (κ1) is 54.9. The minimum atomic E-state index is -1.57. The van der Waals surface area contributed by atoms with Crippen LogP contribution in [0.3, 0.4) is 0 Å². The normalized spacial score (nSPS) is 14.3. The molecule has 0 aromatic rings. The number of rotatable bonds is 32. The molecule has 0 heterocycles. The van der Waals surface area contributed by atoms with Crippen LogP contribution < -0.4 is 60.6 Å². The largest absolute Gasteiger partial charge is 0.481 e. The second-order valence-electron chi connectivity index (χ2n) is 14.7. The Hall–Kier alpha value is -6.11. The van der Waals surface area contributed by atoms with Crippen molar-refractivity contribution in [3.8, 4) is 0 Å². The smallest absolute Gasteiger partial charge is 0.326 e. The number of carbonyl (C=O) groups is 10. The summed E-state index contributed by atoms with van der Waals surface area (Å²) in [5.74, 6) is -10.6. The minimum absolute atomic E-state index is 0.0168. The third-order valence-electron chi connectivity index (χ3n) is 8.83. The van der Waals surface area contributed by atoms with Gasteiger partial charge >= 0.3 is 17.9 Å². The Labute approximate surface area is 352 Å². The van der Waals surface area contributed by atoms with E-state index in [2.05, 4.69) is 36.9 Å². The lowest BCUT2D eigenvalue weighted by Crippen LogP contribution is -2.59. The molecular formula is C36H64N12O13. The average Bonchev–Trinajstić information content (AvgIpc) is 3.16. The Morgan fingerprint density at radius 1 is 0.525 bits per heavy atom. The molecule has 19 N–H and O–H groups in total. The van der Waals surface area contributed by atoms with E-state index >= 15 is 0 Å². The summed E-state index contributed by atoms with van der Waals surface area (Å²) in [7, 11) is 0. The molecule has 0 radical (unpaired) electrons. The maximum Gasteiger partial charge on any atom is 0.326 e. The highest BCUT2D eigenvalue weighted by molar-refractivity contribution is 5.97. The third kappa shape index (κ3) is 24.5. The Morgan fingerprint density at radius 3 is 1.44 bits per heavy atom. The lowest BCUT2D eigenvalue weighted by Gasteiger charge is -2.27. The van der Waals surface area contributed by atoms with Gasteiger partial charge < -0.3 is 75.9 Å². The maximum atomic E-state index is 13.8. The summed E-state index contributed by atoms with van der Waals surface area (Å²) in [6.45, 7) is 5.05. The molecule has 61 heavy (non-hydrogen) atoms. The van der Waals surface area contributed by atoms with Crippen molar-refractivity contribution in [1.82, 2.24) is 31.9 Å². The molecule has 7 unspecified atom stereocenters. The molecule has 0 spiro atoms. The van der Waals surface area contributed by atoms with E-state index in [0.29, 0.717) is 12.8 Å². The molecule has 0 aliphatic carbocycles. The molecule has 0 aliphatic heterocycles. The van der Waals surface area contributed by atoms with Gasteiger partial charge in [-0.05, 0) is 77.2 Å². The molecule has 0 aliphatic rings. The van der Waals surface area contributed by atoms with Crippen molar-refractivity contribution in [1.29, 1.82) is 0 Å². The molecular weight excluding hydrogens is 808 g/mol. The molecule has 0 aromatic heterocycles. The number of nitrogens with one attached hydrogen (secondary N) is 6. The van der Waals surface area contributed by atoms with E-state index in [9.17, 15) is 58.2 Å². The van der Waals surface area contributed by atoms with Gasteiger partial charge in [-0.1, -0.05) is 13.8 Å². The molecule has 0 fully saturated rings. The van der Waals surface area contributed by atoms with Crippen molar-refractivity contribution in [2.24, 2.45) is 39.6 Å². The molecule has 0 aromatic carbocycles. The first-order valence-corrected chi connectivity index (χ1v) is 19.8. The van der Waals surface area contributed by atoms with Crippen LogP contribution in [-0.2, 0) is 47.9 Å². The molecule has 7 atom stereocenters. The Morgan fingerprint density at radius 2 is 0.967 bits per heavy atom. The van der Waals surface area contributed by atoms with Crippen molar-refractivity contribution >= 4 is 65.2 Å². The Balaban J connectivity index is 6.27. The van der Waals surface area contributed by atoms with Gasteiger partial charge in [0.15, 0.2) is 5.96 Å². The predicted molar refractivity (Wildman–Crippen MR) is 217 cm³/mol. The number of hydrogen-bond acceptors (Lipinski definition) is 13. The number of hydrogen-bond donors (Lipinski definition) is 14. The Kier molecular flexibility index (Phi) is 26.2. The topological polar surface area (TPSA) is 446 Å². The van der Waals surface area contributed by atoms with Gasteiger partial charge in [0.1, 0.15) is 36.3 Å². The molecule has 0 rings (SSSR count). The summed E-state index contributed by atoms with van der Waals surface area (Å²) >= 11 is 0. The zero-order valence-electron chi connectivity index (χ0n) is 34.8. The number of primary amides is 1. The second kappa shape index (κ2) is 29.2. The number of carboxylic acids is 3. The number of amides is 7. The molecule has 0 saturated carbocycles. The first-order valence-electron chi connectivity index (χ1n) is 19.8. The molecule has 7 amide bonds. The monoisotopic (exact) mass is 872 g/mol. The fourth-order valence-electron chi connectivity index (χ4n) is 5.50. The number of aliphatic imine (C=N–C) groups is 1. The van der Waals surface area contributed by atoms with Crippen molar-refractivity contribution in [2.75, 3.05) is 13.1 Å². The highest BCUT2D eigenvalue weighted by atomic mass is 16.4. The summed E-state index contributed by atoms with van der Waals surface area (Å²) in [6, 6.07) is -9.70. The SMILES string of the molecule is CC(C)CC(NC(=O)C(CCCN=C(N)N)NC(=O)C(CCC(=O)O)NC(=O)C(N)CCC(N)=O)C(=O)NC(C)C(=O)NC(CCCCN)C(=O)NC(CCC(=O)O)C(=O)O. The molecule has 25 nitrogen and oxygen atoms in total. The summed E-state index contributed by atoms with van der Waals surface area (Å²) in [5, 5.41) is 42.3. The standard InChI is InChI=1S/C36H64N12O13/c1-18(2)17-25(34(59)43-19(3)29(54)44-21(7-4-5-15-37)31(56)47-24(35(60)61)11-14-28(52)53)48-32(57)22(8-6-16-42-36(40)41)46-33(58)23(10-13-27(50)51)45-30(55)20(38)9-12-26(39)49/h18-25H,4-17,37-38H2,1-3H3,(H2,39,49)(H,43,59)(H,44,54)(H,45,55)(H,46,58)(H,47,56)(H,48,57)(H,50,51)(H,52,53)(H,60,61)(H4,40,41,42). The van der Waals surface area contributed by atoms with Crippen molar-refractivity contribution in [2.45, 2.75) is 140 Å². The number of aliphatic carboxylic acids is 3. The quantitative estimate of drug-likeness (QED) is 0.0172. The lowest BCUT2D eigenvalue weighted by molar-refractivity contribution is -0.143. The Bertz CT molecular complexity index is 1560. The summed E-state index contributed by atoms with van der Waals surface area (Å²) < 4.78 is 0. The number of guanidine groups is 1. The highest BCUT2D eigenvalue weighted by Gasteiger charge is 2.33. The van der Waals surface area contributed by atoms with Gasteiger partial charge in [0.05, 0.1) is 6.04 Å². The van der Waals surface area contributed by atoms with E-state index in [-0.39, 0.29) is 63.5 Å². The van der Waals surface area contributed by atoms with Gasteiger partial charge in [-0.15, -0.1) is 0 Å². The van der Waals surface area contributed by atoms with Crippen molar-refractivity contribution < 1.29 is 63.3 Å². The predicted octanol–water partition coefficient (Wildman–Crippen LogP) is -4.45. The van der Waals surface area contributed by atoms with Gasteiger partial charge in [0.2, 0.25) is 41.4 Å². The fourth-order valence-corrected chi connectivity index (χ4v) is 5.50. The van der Waals surface area contributed by atoms with E-state index in [4.69, 9.17) is 33.8 Å². The highest BCUT2D eigenvalue weighted by Crippen LogP contribution is 2.10. The summed E-state index contributed by atoms with van der Waals surface area (Å²) in [4.78, 5) is 129. The molecule has 25 heteroatoms. The van der Waals surface area contributed by atoms with Crippen LogP contribution in [0.4, 0.5) is 0 Å². The second-order valence-corrected chi connectivity index (χ2v) is 14.7. The lowest BCUT2D eigenvalue weighted by atomic mass is 10.0. The van der Waals surface area contributed by atoms with E-state index in [1.807, 2.05) is 0 Å². The van der Waals surface area contributed by atoms with Crippen LogP contribution in [0.1, 0.15) is 97.8 Å². The van der Waals surface area contributed by atoms with Crippen LogP contribution >= 0.6 is 0 Å². The zero-order valence-corrected chi connectivity index (χ0v) is 34.8. The van der Waals surface area contributed by atoms with Gasteiger partial charge in [-0.2, -0.15) is 0 Å². The van der Waals surface area contributed by atoms with Crippen molar-refractivity contribution in [3.63, 3.8) is 0 Å².